The van der Waals surface area contributed by atoms with Crippen LogP contribution in [0.1, 0.15) is 65.0 Å². The van der Waals surface area contributed by atoms with E-state index < -0.39 is 0 Å². The highest BCUT2D eigenvalue weighted by Gasteiger charge is 2.27. The fourth-order valence-corrected chi connectivity index (χ4v) is 6.90. The average Bonchev–Trinajstić information content (AvgIpc) is 3.36. The molecule has 2 aliphatic rings. The maximum atomic E-state index is 2.49. The summed E-state index contributed by atoms with van der Waals surface area (Å²) >= 11 is 0. The van der Waals surface area contributed by atoms with E-state index in [0.29, 0.717) is 11.8 Å². The molecule has 0 aliphatic heterocycles. The molecule has 0 saturated heterocycles. The third kappa shape index (κ3) is 3.59. The lowest BCUT2D eigenvalue weighted by molar-refractivity contribution is 0.610. The minimum absolute atomic E-state index is 0.396. The molecule has 0 fully saturated rings. The number of hydrogen-bond donors (Lipinski definition) is 0. The molecule has 2 atom stereocenters. The highest BCUT2D eigenvalue weighted by molar-refractivity contribution is 5.91. The first-order valence-electron chi connectivity index (χ1n) is 13.6. The summed E-state index contributed by atoms with van der Waals surface area (Å²) in [6, 6.07) is 36.9. The van der Waals surface area contributed by atoms with Crippen molar-refractivity contribution in [3.05, 3.63) is 136 Å². The number of aryl methyl sites for hydroxylation is 2. The van der Waals surface area contributed by atoms with Crippen LogP contribution in [0.25, 0.3) is 27.6 Å². The Kier molecular flexibility index (Phi) is 5.28. The van der Waals surface area contributed by atoms with Crippen LogP contribution in [-0.2, 0) is 19.3 Å². The minimum Gasteiger partial charge on any atom is -0.0619 e. The van der Waals surface area contributed by atoms with E-state index in [2.05, 4.69) is 110 Å². The van der Waals surface area contributed by atoms with Gasteiger partial charge in [0.1, 0.15) is 0 Å². The van der Waals surface area contributed by atoms with Crippen LogP contribution in [0.15, 0.2) is 103 Å². The van der Waals surface area contributed by atoms with Crippen molar-refractivity contribution in [2.24, 2.45) is 0 Å². The molecule has 7 rings (SSSR count). The molecule has 5 aromatic carbocycles. The van der Waals surface area contributed by atoms with Crippen molar-refractivity contribution in [3.63, 3.8) is 0 Å². The molecule has 2 aliphatic carbocycles. The third-order valence-electron chi connectivity index (χ3n) is 8.72. The molecule has 0 heterocycles. The second kappa shape index (κ2) is 8.79. The predicted octanol–water partition coefficient (Wildman–Crippen LogP) is 9.40. The number of allylic oxidation sites excluding steroid dienone is 1. The highest BCUT2D eigenvalue weighted by Crippen LogP contribution is 2.44. The van der Waals surface area contributed by atoms with Gasteiger partial charge in [0.05, 0.1) is 0 Å². The molecule has 0 amide bonds. The zero-order valence-corrected chi connectivity index (χ0v) is 21.0. The van der Waals surface area contributed by atoms with E-state index in [0.717, 1.165) is 25.7 Å². The second-order valence-corrected chi connectivity index (χ2v) is 10.9. The summed E-state index contributed by atoms with van der Waals surface area (Å²) in [6.07, 6.45) is 8.08. The van der Waals surface area contributed by atoms with Gasteiger partial charge in [-0.25, -0.2) is 0 Å². The fourth-order valence-electron chi connectivity index (χ4n) is 6.90. The summed E-state index contributed by atoms with van der Waals surface area (Å²) < 4.78 is 0. The van der Waals surface area contributed by atoms with Gasteiger partial charge in [-0.2, -0.15) is 0 Å². The maximum absolute atomic E-state index is 2.49. The number of rotatable bonds is 1. The topological polar surface area (TPSA) is 0 Å². The molecule has 5 aromatic rings. The van der Waals surface area contributed by atoms with E-state index in [-0.39, 0.29) is 0 Å². The van der Waals surface area contributed by atoms with Gasteiger partial charge in [0.25, 0.3) is 0 Å². The van der Waals surface area contributed by atoms with Gasteiger partial charge in [-0.1, -0.05) is 116 Å². The van der Waals surface area contributed by atoms with Gasteiger partial charge in [-0.05, 0) is 92.9 Å². The second-order valence-electron chi connectivity index (χ2n) is 10.9. The Bertz CT molecular complexity index is 1630. The smallest absolute Gasteiger partial charge is 0.00667 e. The van der Waals surface area contributed by atoms with Crippen LogP contribution >= 0.6 is 0 Å². The van der Waals surface area contributed by atoms with Crippen LogP contribution in [0.4, 0.5) is 0 Å². The van der Waals surface area contributed by atoms with Crippen molar-refractivity contribution >= 4 is 27.6 Å². The summed E-state index contributed by atoms with van der Waals surface area (Å²) in [5.74, 6) is 0.854. The van der Waals surface area contributed by atoms with Crippen molar-refractivity contribution in [1.29, 1.82) is 0 Å². The Labute approximate surface area is 214 Å². The van der Waals surface area contributed by atoms with Gasteiger partial charge in [-0.15, -0.1) is 0 Å². The largest absolute Gasteiger partial charge is 0.0619 e. The van der Waals surface area contributed by atoms with E-state index >= 15 is 0 Å². The van der Waals surface area contributed by atoms with E-state index in [1.54, 1.807) is 5.57 Å². The molecule has 0 radical (unpaired) electrons. The van der Waals surface area contributed by atoms with Crippen molar-refractivity contribution in [2.75, 3.05) is 0 Å². The summed E-state index contributed by atoms with van der Waals surface area (Å²) in [6.45, 7) is 2.44. The van der Waals surface area contributed by atoms with Crippen molar-refractivity contribution in [2.45, 2.75) is 50.9 Å². The molecule has 0 aromatic heterocycles. The van der Waals surface area contributed by atoms with E-state index in [1.807, 2.05) is 0 Å². The first kappa shape index (κ1) is 21.6. The molecule has 0 nitrogen and oxygen atoms in total. The molecule has 0 saturated carbocycles. The van der Waals surface area contributed by atoms with Gasteiger partial charge in [0, 0.05) is 5.92 Å². The first-order chi connectivity index (χ1) is 17.8. The van der Waals surface area contributed by atoms with Gasteiger partial charge in [0.2, 0.25) is 0 Å². The molecule has 0 unspecified atom stereocenters. The van der Waals surface area contributed by atoms with Crippen LogP contribution in [0.2, 0.25) is 0 Å². The molecule has 4 bridgehead atoms. The minimum atomic E-state index is 0.396. The fraction of sp³-hybridized carbons (Fsp3) is 0.222. The summed E-state index contributed by atoms with van der Waals surface area (Å²) in [5, 5.41) is 5.78. The summed E-state index contributed by atoms with van der Waals surface area (Å²) in [7, 11) is 0. The average molecular weight is 465 g/mol. The zero-order valence-electron chi connectivity index (χ0n) is 21.0. The zero-order chi connectivity index (χ0) is 24.1. The van der Waals surface area contributed by atoms with Gasteiger partial charge in [-0.3, -0.25) is 0 Å². The Morgan fingerprint density at radius 1 is 0.556 bits per heavy atom. The Balaban J connectivity index is 1.43. The van der Waals surface area contributed by atoms with Gasteiger partial charge in [0.15, 0.2) is 0 Å². The maximum Gasteiger partial charge on any atom is 0.00667 e. The van der Waals surface area contributed by atoms with Crippen molar-refractivity contribution < 1.29 is 0 Å². The van der Waals surface area contributed by atoms with E-state index in [9.17, 15) is 0 Å². The van der Waals surface area contributed by atoms with Crippen molar-refractivity contribution in [3.8, 4) is 0 Å². The Morgan fingerprint density at radius 3 is 1.83 bits per heavy atom. The molecule has 0 spiro atoms. The lowest BCUT2D eigenvalue weighted by Gasteiger charge is -2.27. The summed E-state index contributed by atoms with van der Waals surface area (Å²) in [4.78, 5) is 0. The van der Waals surface area contributed by atoms with E-state index in [4.69, 9.17) is 0 Å². The molecule has 0 N–H and O–H groups in total. The van der Waals surface area contributed by atoms with Crippen LogP contribution in [0.3, 0.4) is 0 Å². The SMILES string of the molecule is C[C@@H]1C[C@@H](C2=Cc3ccccc3C2)c2ccc(c3ccccc23)CCCc2ccc1c1ccccc21. The Morgan fingerprint density at radius 2 is 1.14 bits per heavy atom. The van der Waals surface area contributed by atoms with Gasteiger partial charge < -0.3 is 0 Å². The normalized spacial score (nSPS) is 19.4. The first-order valence-corrected chi connectivity index (χ1v) is 13.6. The van der Waals surface area contributed by atoms with Crippen LogP contribution < -0.4 is 0 Å². The number of fused-ring (bicyclic) bond motifs is 13. The van der Waals surface area contributed by atoms with Crippen LogP contribution in [0.5, 0.6) is 0 Å². The molecular weight excluding hydrogens is 432 g/mol. The van der Waals surface area contributed by atoms with Gasteiger partial charge >= 0.3 is 0 Å². The third-order valence-corrected chi connectivity index (χ3v) is 8.72. The number of benzene rings is 5. The van der Waals surface area contributed by atoms with Crippen LogP contribution in [-0.4, -0.2) is 0 Å². The molecule has 36 heavy (non-hydrogen) atoms. The highest BCUT2D eigenvalue weighted by atomic mass is 14.3. The predicted molar refractivity (Wildman–Crippen MR) is 154 cm³/mol. The monoisotopic (exact) mass is 464 g/mol. The van der Waals surface area contributed by atoms with Crippen molar-refractivity contribution in [1.82, 2.24) is 0 Å². The lowest BCUT2D eigenvalue weighted by Crippen LogP contribution is -2.10. The van der Waals surface area contributed by atoms with E-state index in [1.165, 1.54) is 61.3 Å². The molecular formula is C36H32. The Hall–Kier alpha value is -3.64. The molecule has 0 heteroatoms. The standard InChI is InChI=1S/C36H32/c1-24-21-36(29-22-27-9-2-3-10-28(27)23-29)35-20-18-26(32-14-5-7-16-34(32)35)12-8-11-25-17-19-30(24)33-15-6-4-13-31(25)33/h2-7,9-10,13-20,22,24,36H,8,11-12,21,23H2,1H3/t24-,36+/m1/s1. The molecule has 176 valence electrons. The lowest BCUT2D eigenvalue weighted by atomic mass is 9.77. The quantitative estimate of drug-likeness (QED) is 0.232. The number of hydrogen-bond acceptors (Lipinski definition) is 0. The van der Waals surface area contributed by atoms with Crippen LogP contribution in [0, 0.1) is 0 Å². The summed E-state index contributed by atoms with van der Waals surface area (Å²) in [5.41, 5.74) is 10.4.